The highest BCUT2D eigenvalue weighted by Gasteiger charge is 2.08. The number of rotatable bonds is 8. The van der Waals surface area contributed by atoms with Crippen LogP contribution in [0.2, 0.25) is 0 Å². The fourth-order valence-corrected chi connectivity index (χ4v) is 1.68. The lowest BCUT2D eigenvalue weighted by Crippen LogP contribution is -2.16. The molecule has 0 amide bonds. The highest BCUT2D eigenvalue weighted by atomic mass is 16.5. The summed E-state index contributed by atoms with van der Waals surface area (Å²) in [7, 11) is 1.74. The number of methoxy groups -OCH3 is 1. The molecule has 0 aliphatic carbocycles. The van der Waals surface area contributed by atoms with E-state index in [4.69, 9.17) is 9.47 Å². The van der Waals surface area contributed by atoms with E-state index >= 15 is 0 Å². The molecule has 0 bridgehead atoms. The molecule has 0 aromatic heterocycles. The zero-order chi connectivity index (χ0) is 11.6. The third kappa shape index (κ3) is 5.17. The molecule has 1 aromatic rings. The molecule has 89 valence electrons. The monoisotopic (exact) mass is 221 g/mol. The maximum absolute atomic E-state index is 5.91. The molecule has 0 saturated carbocycles. The molecule has 1 unspecified atom stereocenters. The molecule has 0 N–H and O–H groups in total. The smallest absolute Gasteiger partial charge is 0.120 e. The summed E-state index contributed by atoms with van der Waals surface area (Å²) in [6, 6.07) is 10.7. The Hall–Kier alpha value is -1.02. The van der Waals surface area contributed by atoms with E-state index in [-0.39, 0.29) is 0 Å². The Bertz CT molecular complexity index is 259. The normalized spacial score (nSPS) is 12.4. The molecule has 0 spiro atoms. The van der Waals surface area contributed by atoms with Gasteiger partial charge in [0.1, 0.15) is 5.75 Å². The molecule has 1 radical (unpaired) electrons. The second kappa shape index (κ2) is 8.17. The number of ether oxygens (including phenoxy) is 2. The van der Waals surface area contributed by atoms with Crippen LogP contribution in [0, 0.1) is 6.07 Å². The minimum Gasteiger partial charge on any atom is -0.490 e. The molecule has 1 rings (SSSR count). The van der Waals surface area contributed by atoms with Gasteiger partial charge in [-0.15, -0.1) is 0 Å². The second-order valence-electron chi connectivity index (χ2n) is 3.90. The van der Waals surface area contributed by atoms with Crippen molar-refractivity contribution in [2.75, 3.05) is 13.7 Å². The minimum atomic E-state index is 0.302. The molecule has 2 nitrogen and oxygen atoms in total. The molecule has 1 atom stereocenters. The Morgan fingerprint density at radius 2 is 2.25 bits per heavy atom. The molecule has 2 heteroatoms. The summed E-state index contributed by atoms with van der Waals surface area (Å²) in [5.41, 5.74) is 0. The van der Waals surface area contributed by atoms with Gasteiger partial charge in [-0.2, -0.15) is 0 Å². The van der Waals surface area contributed by atoms with E-state index in [9.17, 15) is 0 Å². The average molecular weight is 221 g/mol. The van der Waals surface area contributed by atoms with E-state index in [1.54, 1.807) is 7.11 Å². The van der Waals surface area contributed by atoms with Crippen LogP contribution in [-0.4, -0.2) is 19.8 Å². The molecular weight excluding hydrogens is 200 g/mol. The van der Waals surface area contributed by atoms with Crippen molar-refractivity contribution in [3.63, 3.8) is 0 Å². The van der Waals surface area contributed by atoms with E-state index in [1.165, 1.54) is 0 Å². The summed E-state index contributed by atoms with van der Waals surface area (Å²) in [5.74, 6) is 0.915. The lowest BCUT2D eigenvalue weighted by atomic mass is 10.1. The Labute approximate surface area is 98.6 Å². The lowest BCUT2D eigenvalue weighted by molar-refractivity contribution is 0.145. The fraction of sp³-hybridized carbons (Fsp3) is 0.571. The van der Waals surface area contributed by atoms with Gasteiger partial charge in [-0.3, -0.25) is 0 Å². The van der Waals surface area contributed by atoms with Gasteiger partial charge in [0.25, 0.3) is 0 Å². The van der Waals surface area contributed by atoms with Crippen molar-refractivity contribution >= 4 is 0 Å². The largest absolute Gasteiger partial charge is 0.490 e. The van der Waals surface area contributed by atoms with Crippen molar-refractivity contribution < 1.29 is 9.47 Å². The lowest BCUT2D eigenvalue weighted by Gasteiger charge is -2.18. The molecule has 16 heavy (non-hydrogen) atoms. The van der Waals surface area contributed by atoms with Crippen LogP contribution in [-0.2, 0) is 4.74 Å². The van der Waals surface area contributed by atoms with Crippen molar-refractivity contribution in [3.8, 4) is 5.75 Å². The van der Waals surface area contributed by atoms with Crippen molar-refractivity contribution in [1.29, 1.82) is 0 Å². The molecule has 0 aliphatic rings. The summed E-state index contributed by atoms with van der Waals surface area (Å²) in [6.07, 6.45) is 4.65. The molecule has 0 saturated heterocycles. The first-order valence-corrected chi connectivity index (χ1v) is 5.98. The first kappa shape index (κ1) is 13.0. The van der Waals surface area contributed by atoms with Crippen LogP contribution >= 0.6 is 0 Å². The summed E-state index contributed by atoms with van der Waals surface area (Å²) < 4.78 is 11.0. The summed E-state index contributed by atoms with van der Waals surface area (Å²) in [6.45, 7) is 2.99. The maximum Gasteiger partial charge on any atom is 0.120 e. The Morgan fingerprint density at radius 3 is 2.88 bits per heavy atom. The van der Waals surface area contributed by atoms with Crippen molar-refractivity contribution in [2.45, 2.75) is 38.7 Å². The van der Waals surface area contributed by atoms with E-state index in [2.05, 4.69) is 13.0 Å². The van der Waals surface area contributed by atoms with Gasteiger partial charge in [0, 0.05) is 13.7 Å². The molecule has 0 aliphatic heterocycles. The summed E-state index contributed by atoms with van der Waals surface area (Å²) in [4.78, 5) is 0. The summed E-state index contributed by atoms with van der Waals surface area (Å²) >= 11 is 0. The highest BCUT2D eigenvalue weighted by Crippen LogP contribution is 2.16. The Balaban J connectivity index is 2.38. The van der Waals surface area contributed by atoms with E-state index in [0.29, 0.717) is 6.10 Å². The zero-order valence-corrected chi connectivity index (χ0v) is 10.2. The quantitative estimate of drug-likeness (QED) is 0.626. The van der Waals surface area contributed by atoms with Gasteiger partial charge in [0.05, 0.1) is 6.10 Å². The van der Waals surface area contributed by atoms with Gasteiger partial charge in [-0.05, 0) is 37.5 Å². The van der Waals surface area contributed by atoms with Crippen LogP contribution in [0.4, 0.5) is 0 Å². The zero-order valence-electron chi connectivity index (χ0n) is 10.2. The van der Waals surface area contributed by atoms with Gasteiger partial charge < -0.3 is 9.47 Å². The van der Waals surface area contributed by atoms with Gasteiger partial charge in [0.15, 0.2) is 0 Å². The van der Waals surface area contributed by atoms with Gasteiger partial charge in [-0.25, -0.2) is 0 Å². The van der Waals surface area contributed by atoms with Crippen LogP contribution in [0.5, 0.6) is 5.75 Å². The van der Waals surface area contributed by atoms with E-state index in [1.807, 2.05) is 24.3 Å². The fourth-order valence-electron chi connectivity index (χ4n) is 1.68. The molecule has 0 fully saturated rings. The number of benzene rings is 1. The van der Waals surface area contributed by atoms with Gasteiger partial charge in [0.2, 0.25) is 0 Å². The number of hydrogen-bond acceptors (Lipinski definition) is 2. The standard InChI is InChI=1S/C14H21O2/c1-3-8-13(11-7-12-15-2)16-14-9-5-4-6-10-14/h4-5,9-10,13H,3,7-8,11-12H2,1-2H3. The first-order chi connectivity index (χ1) is 7.86. The van der Waals surface area contributed by atoms with Crippen LogP contribution < -0.4 is 4.74 Å². The average Bonchev–Trinajstić information content (AvgIpc) is 2.31. The molecular formula is C14H21O2. The predicted molar refractivity (Wildman–Crippen MR) is 65.7 cm³/mol. The predicted octanol–water partition coefficient (Wildman–Crippen LogP) is 3.46. The Morgan fingerprint density at radius 1 is 1.38 bits per heavy atom. The Kier molecular flexibility index (Phi) is 6.66. The van der Waals surface area contributed by atoms with Crippen LogP contribution in [0.15, 0.2) is 24.3 Å². The van der Waals surface area contributed by atoms with E-state index < -0.39 is 0 Å². The molecule has 1 aromatic carbocycles. The van der Waals surface area contributed by atoms with Gasteiger partial charge in [-0.1, -0.05) is 25.5 Å². The van der Waals surface area contributed by atoms with Gasteiger partial charge >= 0.3 is 0 Å². The SMILES string of the molecule is CCCC(CCCOC)Oc1c[c]ccc1. The van der Waals surface area contributed by atoms with Crippen molar-refractivity contribution in [2.24, 2.45) is 0 Å². The number of hydrogen-bond donors (Lipinski definition) is 0. The minimum absolute atomic E-state index is 0.302. The third-order valence-electron chi connectivity index (χ3n) is 2.47. The molecule has 0 heterocycles. The highest BCUT2D eigenvalue weighted by molar-refractivity contribution is 5.20. The van der Waals surface area contributed by atoms with Crippen molar-refractivity contribution in [1.82, 2.24) is 0 Å². The third-order valence-corrected chi connectivity index (χ3v) is 2.47. The van der Waals surface area contributed by atoms with Crippen LogP contribution in [0.25, 0.3) is 0 Å². The summed E-state index contributed by atoms with van der Waals surface area (Å²) in [5, 5.41) is 0. The van der Waals surface area contributed by atoms with E-state index in [0.717, 1.165) is 38.0 Å². The second-order valence-corrected chi connectivity index (χ2v) is 3.90. The van der Waals surface area contributed by atoms with Crippen LogP contribution in [0.1, 0.15) is 32.6 Å². The first-order valence-electron chi connectivity index (χ1n) is 5.98. The maximum atomic E-state index is 5.91. The van der Waals surface area contributed by atoms with Crippen molar-refractivity contribution in [3.05, 3.63) is 30.3 Å². The topological polar surface area (TPSA) is 18.5 Å². The van der Waals surface area contributed by atoms with Crippen LogP contribution in [0.3, 0.4) is 0 Å².